The van der Waals surface area contributed by atoms with E-state index in [2.05, 4.69) is 62.2 Å². The number of anilines is 1. The number of carbonyl (C=O) groups is 1. The van der Waals surface area contributed by atoms with Crippen molar-refractivity contribution in [2.24, 2.45) is 0 Å². The monoisotopic (exact) mass is 447 g/mol. The second kappa shape index (κ2) is 8.03. The van der Waals surface area contributed by atoms with Gasteiger partial charge < -0.3 is 9.84 Å². The van der Waals surface area contributed by atoms with Gasteiger partial charge in [-0.1, -0.05) is 58.9 Å². The van der Waals surface area contributed by atoms with Gasteiger partial charge in [-0.15, -0.1) is 10.2 Å². The van der Waals surface area contributed by atoms with Crippen LogP contribution in [0.4, 0.5) is 5.69 Å². The van der Waals surface area contributed by atoms with Crippen LogP contribution in [-0.2, 0) is 22.2 Å². The van der Waals surface area contributed by atoms with E-state index >= 15 is 0 Å². The van der Waals surface area contributed by atoms with E-state index in [1.54, 1.807) is 11.0 Å². The number of carbonyl (C=O) groups excluding carboxylic acids is 1. The molecule has 8 nitrogen and oxygen atoms in total. The largest absolute Gasteiger partial charge is 0.507 e. The van der Waals surface area contributed by atoms with Crippen LogP contribution in [-0.4, -0.2) is 31.6 Å². The summed E-state index contributed by atoms with van der Waals surface area (Å²) in [6, 6.07) is 11.2. The van der Waals surface area contributed by atoms with Gasteiger partial charge in [0.2, 0.25) is 0 Å². The first-order chi connectivity index (χ1) is 15.4. The number of para-hydroxylation sites is 2. The maximum Gasteiger partial charge on any atom is 0.294 e. The van der Waals surface area contributed by atoms with Gasteiger partial charge in [-0.3, -0.25) is 9.69 Å². The zero-order chi connectivity index (χ0) is 24.0. The van der Waals surface area contributed by atoms with Crippen LogP contribution in [0.2, 0.25) is 0 Å². The van der Waals surface area contributed by atoms with Gasteiger partial charge in [0.25, 0.3) is 5.91 Å². The molecule has 33 heavy (non-hydrogen) atoms. The Morgan fingerprint density at radius 1 is 1.06 bits per heavy atom. The predicted molar refractivity (Wildman–Crippen MR) is 126 cm³/mol. The number of H-pyrrole nitrogens is 1. The van der Waals surface area contributed by atoms with Gasteiger partial charge in [0.1, 0.15) is 5.75 Å². The second-order valence-corrected chi connectivity index (χ2v) is 10.3. The number of aromatic nitrogens is 4. The van der Waals surface area contributed by atoms with Gasteiger partial charge in [-0.25, -0.2) is 0 Å². The highest BCUT2D eigenvalue weighted by atomic mass is 16.5. The van der Waals surface area contributed by atoms with Crippen LogP contribution < -0.4 is 9.64 Å². The van der Waals surface area contributed by atoms with Crippen LogP contribution >= 0.6 is 0 Å². The van der Waals surface area contributed by atoms with Gasteiger partial charge in [-0.2, -0.15) is 5.21 Å². The van der Waals surface area contributed by atoms with Crippen LogP contribution in [0.15, 0.2) is 42.2 Å². The van der Waals surface area contributed by atoms with E-state index in [1.165, 1.54) is 0 Å². The Morgan fingerprint density at radius 2 is 1.70 bits per heavy atom. The van der Waals surface area contributed by atoms with Gasteiger partial charge in [-0.05, 0) is 46.7 Å². The van der Waals surface area contributed by atoms with Crippen molar-refractivity contribution in [1.29, 1.82) is 0 Å². The number of hydrogen-bond acceptors (Lipinski definition) is 6. The van der Waals surface area contributed by atoms with Gasteiger partial charge >= 0.3 is 0 Å². The molecular formula is C25H29N5O3. The lowest BCUT2D eigenvalue weighted by Gasteiger charge is -2.30. The third kappa shape index (κ3) is 4.46. The highest BCUT2D eigenvalue weighted by Gasteiger charge is 2.32. The molecule has 0 fully saturated rings. The Balaban J connectivity index is 1.83. The molecule has 0 unspecified atom stereocenters. The van der Waals surface area contributed by atoms with E-state index in [-0.39, 0.29) is 34.8 Å². The van der Waals surface area contributed by atoms with Crippen molar-refractivity contribution in [2.75, 3.05) is 4.90 Å². The summed E-state index contributed by atoms with van der Waals surface area (Å²) >= 11 is 0. The topological polar surface area (TPSA) is 104 Å². The zero-order valence-corrected chi connectivity index (χ0v) is 19.8. The first kappa shape index (κ1) is 22.5. The molecule has 3 aromatic rings. The Kier molecular flexibility index (Phi) is 5.47. The summed E-state index contributed by atoms with van der Waals surface area (Å²) in [5.74, 6) is 1.13. The third-order valence-electron chi connectivity index (χ3n) is 5.57. The molecule has 1 aliphatic rings. The van der Waals surface area contributed by atoms with Crippen LogP contribution in [0.25, 0.3) is 6.08 Å². The summed E-state index contributed by atoms with van der Waals surface area (Å²) in [6.07, 6.45) is 1.73. The quantitative estimate of drug-likeness (QED) is 0.574. The molecule has 0 aliphatic carbocycles. The standard InChI is InChI=1S/C25H29N5O3/c1-24(2,3)16-11-15(12-17(22(16)31)25(4,5)6)13-20-23(32)30(14-21-26-28-29-27-21)18-9-7-8-10-19(18)33-20/h7-13,31H,14H2,1-6H3,(H,26,27,28,29). The van der Waals surface area contributed by atoms with Crippen LogP contribution in [0.1, 0.15) is 64.1 Å². The minimum atomic E-state index is -0.304. The number of fused-ring (bicyclic) bond motifs is 1. The van der Waals surface area contributed by atoms with E-state index in [0.717, 1.165) is 16.7 Å². The summed E-state index contributed by atoms with van der Waals surface area (Å²) < 4.78 is 6.02. The number of phenolic OH excluding ortho intramolecular Hbond substituents is 1. The summed E-state index contributed by atoms with van der Waals surface area (Å²) in [5, 5.41) is 25.0. The molecule has 1 aliphatic heterocycles. The van der Waals surface area contributed by atoms with Gasteiger partial charge in [0.05, 0.1) is 12.2 Å². The van der Waals surface area contributed by atoms with Crippen molar-refractivity contribution in [3.63, 3.8) is 0 Å². The minimum absolute atomic E-state index is 0.156. The van der Waals surface area contributed by atoms with Crippen molar-refractivity contribution < 1.29 is 14.6 Å². The molecule has 0 saturated carbocycles. The first-order valence-corrected chi connectivity index (χ1v) is 10.9. The number of aromatic hydroxyl groups is 1. The molecule has 2 aromatic carbocycles. The molecular weight excluding hydrogens is 418 g/mol. The van der Waals surface area contributed by atoms with E-state index in [0.29, 0.717) is 17.3 Å². The number of ether oxygens (including phenoxy) is 1. The predicted octanol–water partition coefficient (Wildman–Crippen LogP) is 4.47. The van der Waals surface area contributed by atoms with Crippen LogP contribution in [0.5, 0.6) is 11.5 Å². The summed E-state index contributed by atoms with van der Waals surface area (Å²) in [7, 11) is 0. The fourth-order valence-corrected chi connectivity index (χ4v) is 3.85. The first-order valence-electron chi connectivity index (χ1n) is 10.9. The molecule has 1 aromatic heterocycles. The maximum absolute atomic E-state index is 13.4. The number of nitrogens with zero attached hydrogens (tertiary/aromatic N) is 4. The Hall–Kier alpha value is -3.68. The normalized spacial score (nSPS) is 15.5. The minimum Gasteiger partial charge on any atom is -0.507 e. The van der Waals surface area contributed by atoms with E-state index in [4.69, 9.17) is 4.74 Å². The van der Waals surface area contributed by atoms with E-state index < -0.39 is 0 Å². The number of tetrazole rings is 1. The lowest BCUT2D eigenvalue weighted by Crippen LogP contribution is -2.37. The van der Waals surface area contributed by atoms with Crippen LogP contribution in [0, 0.1) is 0 Å². The van der Waals surface area contributed by atoms with Crippen molar-refractivity contribution in [2.45, 2.75) is 58.9 Å². The molecule has 8 heteroatoms. The molecule has 0 bridgehead atoms. The lowest BCUT2D eigenvalue weighted by molar-refractivity contribution is -0.117. The smallest absolute Gasteiger partial charge is 0.294 e. The van der Waals surface area contributed by atoms with Crippen LogP contribution in [0.3, 0.4) is 0 Å². The number of phenols is 1. The number of nitrogens with one attached hydrogen (secondary N) is 1. The molecule has 172 valence electrons. The number of aromatic amines is 1. The third-order valence-corrected chi connectivity index (χ3v) is 5.57. The number of hydrogen-bond donors (Lipinski definition) is 2. The fraction of sp³-hybridized carbons (Fsp3) is 0.360. The molecule has 1 amide bonds. The highest BCUT2D eigenvalue weighted by Crippen LogP contribution is 2.41. The molecule has 0 atom stereocenters. The average Bonchev–Trinajstić information content (AvgIpc) is 3.23. The summed E-state index contributed by atoms with van der Waals surface area (Å²) in [5.41, 5.74) is 2.48. The Bertz CT molecular complexity index is 1180. The van der Waals surface area contributed by atoms with Crippen molar-refractivity contribution >= 4 is 17.7 Å². The molecule has 0 spiro atoms. The summed E-state index contributed by atoms with van der Waals surface area (Å²) in [4.78, 5) is 15.0. The van der Waals surface area contributed by atoms with E-state index in [9.17, 15) is 9.90 Å². The highest BCUT2D eigenvalue weighted by molar-refractivity contribution is 6.09. The molecule has 2 heterocycles. The molecule has 0 saturated heterocycles. The average molecular weight is 448 g/mol. The van der Waals surface area contributed by atoms with Gasteiger partial charge in [0, 0.05) is 11.1 Å². The van der Waals surface area contributed by atoms with Crippen molar-refractivity contribution in [3.05, 3.63) is 64.7 Å². The Labute approximate surface area is 193 Å². The Morgan fingerprint density at radius 3 is 2.27 bits per heavy atom. The molecule has 2 N–H and O–H groups in total. The zero-order valence-electron chi connectivity index (χ0n) is 19.8. The number of rotatable bonds is 3. The second-order valence-electron chi connectivity index (χ2n) is 10.3. The lowest BCUT2D eigenvalue weighted by atomic mass is 9.78. The van der Waals surface area contributed by atoms with Gasteiger partial charge in [0.15, 0.2) is 17.3 Å². The molecule has 0 radical (unpaired) electrons. The SMILES string of the molecule is CC(C)(C)c1cc(C=C2Oc3ccccc3N(Cc3nn[nH]n3)C2=O)cc(C(C)(C)C)c1O. The number of benzene rings is 2. The van der Waals surface area contributed by atoms with Crippen molar-refractivity contribution in [3.8, 4) is 11.5 Å². The summed E-state index contributed by atoms with van der Waals surface area (Å²) in [6.45, 7) is 12.5. The van der Waals surface area contributed by atoms with E-state index in [1.807, 2.05) is 36.4 Å². The number of amides is 1. The molecule has 4 rings (SSSR count). The van der Waals surface area contributed by atoms with Crippen molar-refractivity contribution in [1.82, 2.24) is 20.6 Å². The fourth-order valence-electron chi connectivity index (χ4n) is 3.85. The maximum atomic E-state index is 13.4.